The van der Waals surface area contributed by atoms with Crippen molar-refractivity contribution in [2.75, 3.05) is 5.32 Å². The van der Waals surface area contributed by atoms with Crippen molar-refractivity contribution in [1.29, 1.82) is 0 Å². The summed E-state index contributed by atoms with van der Waals surface area (Å²) < 4.78 is 13.5. The van der Waals surface area contributed by atoms with Crippen molar-refractivity contribution in [1.82, 2.24) is 0 Å². The maximum atomic E-state index is 13.5. The molecule has 1 amide bonds. The van der Waals surface area contributed by atoms with E-state index in [4.69, 9.17) is 5.11 Å². The number of amides is 1. The zero-order valence-corrected chi connectivity index (χ0v) is 15.8. The van der Waals surface area contributed by atoms with Crippen molar-refractivity contribution in [3.63, 3.8) is 0 Å². The largest absolute Gasteiger partial charge is 0.478 e. The van der Waals surface area contributed by atoms with Gasteiger partial charge in [-0.3, -0.25) is 4.79 Å². The first-order valence-corrected chi connectivity index (χ1v) is 8.78. The molecule has 0 saturated carbocycles. The van der Waals surface area contributed by atoms with Gasteiger partial charge in [0.2, 0.25) is 0 Å². The number of benzene rings is 3. The molecule has 5 heteroatoms. The molecule has 0 saturated heterocycles. The molecule has 0 bridgehead atoms. The molecule has 0 fully saturated rings. The molecule has 28 heavy (non-hydrogen) atoms. The highest BCUT2D eigenvalue weighted by molar-refractivity contribution is 6.07. The number of carbonyl (C=O) groups is 2. The number of anilines is 1. The lowest BCUT2D eigenvalue weighted by Gasteiger charge is -2.15. The van der Waals surface area contributed by atoms with Gasteiger partial charge in [0.05, 0.1) is 5.56 Å². The van der Waals surface area contributed by atoms with Crippen molar-refractivity contribution in [2.45, 2.75) is 20.8 Å². The van der Waals surface area contributed by atoms with E-state index in [-0.39, 0.29) is 17.3 Å². The van der Waals surface area contributed by atoms with Gasteiger partial charge in [0, 0.05) is 11.3 Å². The van der Waals surface area contributed by atoms with Gasteiger partial charge in [-0.2, -0.15) is 0 Å². The lowest BCUT2D eigenvalue weighted by molar-refractivity contribution is 0.0696. The summed E-state index contributed by atoms with van der Waals surface area (Å²) in [4.78, 5) is 24.1. The van der Waals surface area contributed by atoms with E-state index in [2.05, 4.69) is 5.32 Å². The van der Waals surface area contributed by atoms with E-state index < -0.39 is 5.97 Å². The van der Waals surface area contributed by atoms with Crippen molar-refractivity contribution in [3.8, 4) is 11.1 Å². The van der Waals surface area contributed by atoms with Gasteiger partial charge >= 0.3 is 5.97 Å². The molecule has 0 spiro atoms. The molecule has 0 radical (unpaired) electrons. The highest BCUT2D eigenvalue weighted by atomic mass is 19.1. The third kappa shape index (κ3) is 3.93. The minimum absolute atomic E-state index is 0.178. The molecule has 0 aliphatic carbocycles. The Balaban J connectivity index is 1.95. The highest BCUT2D eigenvalue weighted by Gasteiger charge is 2.15. The van der Waals surface area contributed by atoms with Crippen LogP contribution in [0, 0.1) is 26.6 Å². The van der Waals surface area contributed by atoms with Gasteiger partial charge in [-0.15, -0.1) is 0 Å². The maximum Gasteiger partial charge on any atom is 0.335 e. The number of aromatic carboxylic acids is 1. The third-order valence-electron chi connectivity index (χ3n) is 4.66. The summed E-state index contributed by atoms with van der Waals surface area (Å²) in [6.07, 6.45) is 0. The quantitative estimate of drug-likeness (QED) is 0.642. The van der Waals surface area contributed by atoms with Crippen LogP contribution in [0.3, 0.4) is 0 Å². The number of halogens is 1. The number of aryl methyl sites for hydroxylation is 3. The van der Waals surface area contributed by atoms with Crippen LogP contribution in [0.1, 0.15) is 37.4 Å². The van der Waals surface area contributed by atoms with Crippen LogP contribution in [0.15, 0.2) is 54.6 Å². The van der Waals surface area contributed by atoms with Crippen LogP contribution < -0.4 is 5.32 Å². The lowest BCUT2D eigenvalue weighted by Crippen LogP contribution is -2.16. The summed E-state index contributed by atoms with van der Waals surface area (Å²) in [5.41, 5.74) is 4.80. The molecule has 4 nitrogen and oxygen atoms in total. The molecule has 3 rings (SSSR count). The minimum Gasteiger partial charge on any atom is -0.478 e. The number of carboxylic acid groups (broad SMARTS) is 1. The van der Waals surface area contributed by atoms with Crippen molar-refractivity contribution >= 4 is 17.6 Å². The number of hydrogen-bond donors (Lipinski definition) is 2. The smallest absolute Gasteiger partial charge is 0.335 e. The van der Waals surface area contributed by atoms with Crippen LogP contribution in [0.4, 0.5) is 10.1 Å². The van der Waals surface area contributed by atoms with Crippen LogP contribution in [0.2, 0.25) is 0 Å². The normalized spacial score (nSPS) is 10.6. The van der Waals surface area contributed by atoms with E-state index in [1.54, 1.807) is 32.0 Å². The molecular weight excluding hydrogens is 357 g/mol. The topological polar surface area (TPSA) is 66.4 Å². The molecular formula is C23H20FNO3. The Morgan fingerprint density at radius 1 is 0.857 bits per heavy atom. The number of carboxylic acids is 1. The monoisotopic (exact) mass is 377 g/mol. The summed E-state index contributed by atoms with van der Waals surface area (Å²) in [6, 6.07) is 14.7. The first-order chi connectivity index (χ1) is 13.3. The Kier molecular flexibility index (Phi) is 5.27. The molecule has 0 aromatic heterocycles. The average molecular weight is 377 g/mol. The van der Waals surface area contributed by atoms with Gasteiger partial charge in [-0.1, -0.05) is 24.3 Å². The summed E-state index contributed by atoms with van der Waals surface area (Å²) >= 11 is 0. The first kappa shape index (κ1) is 19.3. The summed E-state index contributed by atoms with van der Waals surface area (Å²) in [6.45, 7) is 5.34. The Morgan fingerprint density at radius 3 is 2.11 bits per heavy atom. The summed E-state index contributed by atoms with van der Waals surface area (Å²) in [7, 11) is 0. The van der Waals surface area contributed by atoms with E-state index in [1.165, 1.54) is 24.3 Å². The predicted molar refractivity (Wildman–Crippen MR) is 107 cm³/mol. The molecule has 0 unspecified atom stereocenters. The summed E-state index contributed by atoms with van der Waals surface area (Å²) in [5, 5.41) is 12.1. The standard InChI is InChI=1S/C23H20FNO3/c1-13-7-8-17(16-5-4-6-19(24)11-16)12-20(13)22(26)25-21-14(2)9-18(23(27)28)10-15(21)3/h4-12H,1-3H3,(H,25,26)(H,27,28). The molecule has 0 heterocycles. The second-order valence-corrected chi connectivity index (χ2v) is 6.78. The first-order valence-electron chi connectivity index (χ1n) is 8.78. The lowest BCUT2D eigenvalue weighted by atomic mass is 9.98. The van der Waals surface area contributed by atoms with E-state index in [0.717, 1.165) is 11.1 Å². The summed E-state index contributed by atoms with van der Waals surface area (Å²) in [5.74, 6) is -1.65. The second kappa shape index (κ2) is 7.64. The zero-order valence-electron chi connectivity index (χ0n) is 15.8. The number of nitrogens with one attached hydrogen (secondary N) is 1. The van der Waals surface area contributed by atoms with Gasteiger partial charge in [0.15, 0.2) is 0 Å². The highest BCUT2D eigenvalue weighted by Crippen LogP contribution is 2.26. The van der Waals surface area contributed by atoms with E-state index >= 15 is 0 Å². The Labute approximate surface area is 162 Å². The Morgan fingerprint density at radius 2 is 1.50 bits per heavy atom. The molecule has 3 aromatic carbocycles. The maximum absolute atomic E-state index is 13.5. The number of hydrogen-bond acceptors (Lipinski definition) is 2. The fourth-order valence-electron chi connectivity index (χ4n) is 3.18. The van der Waals surface area contributed by atoms with Crippen LogP contribution in [0.25, 0.3) is 11.1 Å². The Hall–Kier alpha value is -3.47. The van der Waals surface area contributed by atoms with Gasteiger partial charge in [-0.05, 0) is 78.9 Å². The van der Waals surface area contributed by atoms with Gasteiger partial charge in [0.1, 0.15) is 5.82 Å². The fraction of sp³-hybridized carbons (Fsp3) is 0.130. The van der Waals surface area contributed by atoms with Gasteiger partial charge in [0.25, 0.3) is 5.91 Å². The van der Waals surface area contributed by atoms with Crippen LogP contribution in [-0.2, 0) is 0 Å². The van der Waals surface area contributed by atoms with Crippen LogP contribution in [-0.4, -0.2) is 17.0 Å². The second-order valence-electron chi connectivity index (χ2n) is 6.78. The SMILES string of the molecule is Cc1ccc(-c2cccc(F)c2)cc1C(=O)Nc1c(C)cc(C(=O)O)cc1C. The molecule has 3 aromatic rings. The van der Waals surface area contributed by atoms with Crippen molar-refractivity contribution in [3.05, 3.63) is 88.2 Å². The average Bonchev–Trinajstić information content (AvgIpc) is 2.64. The van der Waals surface area contributed by atoms with E-state index in [0.29, 0.717) is 27.9 Å². The van der Waals surface area contributed by atoms with Gasteiger partial charge < -0.3 is 10.4 Å². The minimum atomic E-state index is -1.01. The molecule has 0 atom stereocenters. The number of rotatable bonds is 4. The zero-order chi connectivity index (χ0) is 20.4. The van der Waals surface area contributed by atoms with E-state index in [9.17, 15) is 14.0 Å². The van der Waals surface area contributed by atoms with Crippen molar-refractivity contribution in [2.24, 2.45) is 0 Å². The third-order valence-corrected chi connectivity index (χ3v) is 4.66. The Bertz CT molecular complexity index is 1070. The number of carbonyl (C=O) groups excluding carboxylic acids is 1. The molecule has 0 aliphatic heterocycles. The van der Waals surface area contributed by atoms with Crippen LogP contribution in [0.5, 0.6) is 0 Å². The fourth-order valence-corrected chi connectivity index (χ4v) is 3.18. The molecule has 142 valence electrons. The molecule has 0 aliphatic rings. The van der Waals surface area contributed by atoms with Crippen molar-refractivity contribution < 1.29 is 19.1 Å². The van der Waals surface area contributed by atoms with Crippen LogP contribution >= 0.6 is 0 Å². The van der Waals surface area contributed by atoms with Gasteiger partial charge in [-0.25, -0.2) is 9.18 Å². The predicted octanol–water partition coefficient (Wildman–Crippen LogP) is 5.37. The van der Waals surface area contributed by atoms with E-state index in [1.807, 2.05) is 19.1 Å². The molecule has 2 N–H and O–H groups in total.